The summed E-state index contributed by atoms with van der Waals surface area (Å²) in [5.41, 5.74) is 5.82. The van der Waals surface area contributed by atoms with Gasteiger partial charge in [0.05, 0.1) is 17.6 Å². The summed E-state index contributed by atoms with van der Waals surface area (Å²) in [7, 11) is 0. The van der Waals surface area contributed by atoms with Crippen molar-refractivity contribution in [2.75, 3.05) is 5.73 Å². The van der Waals surface area contributed by atoms with E-state index in [-0.39, 0.29) is 28.5 Å². The topological polar surface area (TPSA) is 105 Å². The number of carboxylic acid groups (broad SMARTS) is 1. The Morgan fingerprint density at radius 2 is 1.87 bits per heavy atom. The molecule has 2 heterocycles. The molecule has 2 bridgehead atoms. The first-order valence-electron chi connectivity index (χ1n) is 9.80. The first-order chi connectivity index (χ1) is 14.3. The number of carboxylic acids is 1. The summed E-state index contributed by atoms with van der Waals surface area (Å²) in [6.45, 7) is 0. The van der Waals surface area contributed by atoms with E-state index in [4.69, 9.17) is 10.8 Å². The third-order valence-corrected chi connectivity index (χ3v) is 6.08. The fourth-order valence-corrected chi connectivity index (χ4v) is 4.53. The maximum absolute atomic E-state index is 13.5. The lowest BCUT2D eigenvalue weighted by Gasteiger charge is -2.40. The highest BCUT2D eigenvalue weighted by Crippen LogP contribution is 2.44. The maximum Gasteiger partial charge on any atom is 0.306 e. The summed E-state index contributed by atoms with van der Waals surface area (Å²) in [5.74, 6) is -1.73. The van der Waals surface area contributed by atoms with E-state index >= 15 is 0 Å². The van der Waals surface area contributed by atoms with E-state index in [1.807, 2.05) is 0 Å². The summed E-state index contributed by atoms with van der Waals surface area (Å²) >= 11 is 0. The zero-order valence-electron chi connectivity index (χ0n) is 16.0. The number of aliphatic carboxylic acids is 1. The van der Waals surface area contributed by atoms with E-state index in [2.05, 4.69) is 15.0 Å². The van der Waals surface area contributed by atoms with Crippen LogP contribution in [0.3, 0.4) is 0 Å². The van der Waals surface area contributed by atoms with Gasteiger partial charge in [-0.25, -0.2) is 23.1 Å². The van der Waals surface area contributed by atoms with Gasteiger partial charge in [-0.2, -0.15) is 0 Å². The van der Waals surface area contributed by atoms with Crippen LogP contribution in [-0.4, -0.2) is 26.0 Å². The second-order valence-corrected chi connectivity index (χ2v) is 7.90. The summed E-state index contributed by atoms with van der Waals surface area (Å²) in [6, 6.07) is 1.91. The molecule has 158 valence electrons. The smallest absolute Gasteiger partial charge is 0.306 e. The molecule has 0 spiro atoms. The first-order valence-corrected chi connectivity index (χ1v) is 9.80. The normalized spacial score (nSPS) is 22.6. The van der Waals surface area contributed by atoms with Gasteiger partial charge in [-0.1, -0.05) is 12.8 Å². The molecule has 0 saturated heterocycles. The number of halogens is 3. The molecular weight excluding hydrogens is 397 g/mol. The van der Waals surface area contributed by atoms with Crippen LogP contribution in [0.2, 0.25) is 0 Å². The second kappa shape index (κ2) is 7.97. The minimum absolute atomic E-state index is 0.00231. The van der Waals surface area contributed by atoms with Crippen molar-refractivity contribution < 1.29 is 23.1 Å². The largest absolute Gasteiger partial charge is 0.481 e. The van der Waals surface area contributed by atoms with E-state index in [0.717, 1.165) is 30.7 Å². The minimum Gasteiger partial charge on any atom is -0.481 e. The molecule has 0 amide bonds. The highest BCUT2D eigenvalue weighted by Gasteiger charge is 2.39. The number of rotatable bonds is 2. The number of fused-ring (bicyclic) bond motifs is 4. The Hall–Kier alpha value is -3.10. The average Bonchev–Trinajstić information content (AvgIpc) is 3.15. The van der Waals surface area contributed by atoms with Crippen LogP contribution in [0.25, 0.3) is 22.3 Å². The molecule has 6 nitrogen and oxygen atoms in total. The predicted molar refractivity (Wildman–Crippen MR) is 105 cm³/mol. The Kier molecular flexibility index (Phi) is 5.36. The summed E-state index contributed by atoms with van der Waals surface area (Å²) in [6.07, 6.45) is 8.19. The van der Waals surface area contributed by atoms with Crippen LogP contribution in [0.4, 0.5) is 19.0 Å². The third kappa shape index (κ3) is 3.83. The zero-order chi connectivity index (χ0) is 21.4. The van der Waals surface area contributed by atoms with Crippen LogP contribution in [-0.2, 0) is 4.79 Å². The van der Waals surface area contributed by atoms with Gasteiger partial charge >= 0.3 is 5.97 Å². The van der Waals surface area contributed by atoms with Crippen LogP contribution >= 0.6 is 0 Å². The number of hydrogen-bond donors (Lipinski definition) is 3. The molecule has 3 aliphatic carbocycles. The van der Waals surface area contributed by atoms with Crippen molar-refractivity contribution in [1.82, 2.24) is 15.0 Å². The van der Waals surface area contributed by atoms with Gasteiger partial charge in [-0.15, -0.1) is 0 Å². The van der Waals surface area contributed by atoms with Gasteiger partial charge in [-0.3, -0.25) is 4.79 Å². The quantitative estimate of drug-likeness (QED) is 0.567. The lowest BCUT2D eigenvalue weighted by atomic mass is 9.65. The maximum atomic E-state index is 13.5. The minimum atomic E-state index is -0.749. The Balaban J connectivity index is 0.000000168. The van der Waals surface area contributed by atoms with Gasteiger partial charge in [0.15, 0.2) is 17.5 Å². The van der Waals surface area contributed by atoms with Gasteiger partial charge in [0, 0.05) is 23.2 Å². The molecule has 1 atom stereocenters. The van der Waals surface area contributed by atoms with Gasteiger partial charge in [-0.05, 0) is 37.2 Å². The molecule has 3 aliphatic rings. The third-order valence-electron chi connectivity index (χ3n) is 6.08. The highest BCUT2D eigenvalue weighted by atomic mass is 19.1. The van der Waals surface area contributed by atoms with Crippen LogP contribution in [0.5, 0.6) is 0 Å². The lowest BCUT2D eigenvalue weighted by Crippen LogP contribution is -2.35. The standard InChI is InChI=1S/C12H7F3N4.C9H14O2/c13-5-1-6-7(3-17-10(6)8(14)2-5)12-18-4-9(15)11(16)19-12;10-9(11)8-5-6-1-3-7(8)4-2-6/h1-4,17H,(H2,16,18,19);6-8H,1-5H2,(H,10,11). The van der Waals surface area contributed by atoms with Crippen molar-refractivity contribution >= 4 is 22.7 Å². The van der Waals surface area contributed by atoms with Gasteiger partial charge in [0.1, 0.15) is 11.6 Å². The number of hydrogen-bond acceptors (Lipinski definition) is 4. The van der Waals surface area contributed by atoms with Gasteiger partial charge < -0.3 is 15.8 Å². The van der Waals surface area contributed by atoms with Crippen molar-refractivity contribution in [1.29, 1.82) is 0 Å². The molecule has 1 unspecified atom stereocenters. The number of benzene rings is 1. The number of anilines is 1. The van der Waals surface area contributed by atoms with Crippen LogP contribution < -0.4 is 5.73 Å². The molecule has 6 rings (SSSR count). The molecule has 3 aromatic rings. The molecule has 4 N–H and O–H groups in total. The average molecular weight is 418 g/mol. The van der Waals surface area contributed by atoms with Gasteiger partial charge in [0.2, 0.25) is 0 Å². The lowest BCUT2D eigenvalue weighted by molar-refractivity contribution is -0.147. The van der Waals surface area contributed by atoms with Crippen LogP contribution in [0, 0.1) is 35.2 Å². The molecule has 2 aromatic heterocycles. The van der Waals surface area contributed by atoms with Crippen molar-refractivity contribution in [3.05, 3.63) is 42.0 Å². The van der Waals surface area contributed by atoms with Crippen molar-refractivity contribution in [2.24, 2.45) is 17.8 Å². The fourth-order valence-electron chi connectivity index (χ4n) is 4.53. The van der Waals surface area contributed by atoms with E-state index in [0.29, 0.717) is 11.5 Å². The van der Waals surface area contributed by atoms with E-state index in [1.54, 1.807) is 0 Å². The van der Waals surface area contributed by atoms with Crippen molar-refractivity contribution in [3.8, 4) is 11.4 Å². The number of nitrogens with one attached hydrogen (secondary N) is 1. The molecule has 0 radical (unpaired) electrons. The predicted octanol–water partition coefficient (Wildman–Crippen LogP) is 4.52. The van der Waals surface area contributed by atoms with Crippen molar-refractivity contribution in [2.45, 2.75) is 32.1 Å². The number of nitrogen functional groups attached to an aromatic ring is 1. The Morgan fingerprint density at radius 1 is 1.13 bits per heavy atom. The fraction of sp³-hybridized carbons (Fsp3) is 0.381. The number of aromatic amines is 1. The molecule has 1 aromatic carbocycles. The monoisotopic (exact) mass is 418 g/mol. The number of aromatic nitrogens is 3. The van der Waals surface area contributed by atoms with E-state index in [1.165, 1.54) is 31.9 Å². The Morgan fingerprint density at radius 3 is 2.43 bits per heavy atom. The molecule has 9 heteroatoms. The second-order valence-electron chi connectivity index (χ2n) is 7.90. The number of H-pyrrole nitrogens is 1. The number of nitrogens with zero attached hydrogens (tertiary/aromatic N) is 2. The van der Waals surface area contributed by atoms with Crippen molar-refractivity contribution in [3.63, 3.8) is 0 Å². The highest BCUT2D eigenvalue weighted by molar-refractivity contribution is 5.94. The molecule has 3 fully saturated rings. The number of carbonyl (C=O) groups is 1. The summed E-state index contributed by atoms with van der Waals surface area (Å²) in [4.78, 5) is 20.9. The van der Waals surface area contributed by atoms with E-state index in [9.17, 15) is 18.0 Å². The van der Waals surface area contributed by atoms with Crippen LogP contribution in [0.15, 0.2) is 24.5 Å². The SMILES string of the molecule is Nc1nc(-c2c[nH]c3c(F)cc(F)cc23)ncc1F.O=C(O)C1CC2CCC1CC2. The first kappa shape index (κ1) is 20.2. The van der Waals surface area contributed by atoms with Crippen LogP contribution in [0.1, 0.15) is 32.1 Å². The molecule has 3 saturated carbocycles. The summed E-state index contributed by atoms with van der Waals surface area (Å²) < 4.78 is 39.8. The molecular formula is C21H21F3N4O2. The zero-order valence-corrected chi connectivity index (χ0v) is 16.0. The van der Waals surface area contributed by atoms with Gasteiger partial charge in [0.25, 0.3) is 0 Å². The summed E-state index contributed by atoms with van der Waals surface area (Å²) in [5, 5.41) is 9.13. The number of nitrogens with two attached hydrogens (primary N) is 1. The molecule has 30 heavy (non-hydrogen) atoms. The molecule has 0 aliphatic heterocycles. The van der Waals surface area contributed by atoms with E-state index < -0.39 is 23.4 Å². The Bertz CT molecular complexity index is 1090. The Labute approximate surface area is 170 Å².